The zero-order valence-corrected chi connectivity index (χ0v) is 18.6. The summed E-state index contributed by atoms with van der Waals surface area (Å²) >= 11 is 7.54. The summed E-state index contributed by atoms with van der Waals surface area (Å²) in [6.45, 7) is 3.04. The van der Waals surface area contributed by atoms with E-state index in [4.69, 9.17) is 11.6 Å². The van der Waals surface area contributed by atoms with Gasteiger partial charge in [-0.25, -0.2) is 0 Å². The number of para-hydroxylation sites is 1. The highest BCUT2D eigenvalue weighted by molar-refractivity contribution is 8.01. The average molecular weight is 449 g/mol. The van der Waals surface area contributed by atoms with E-state index in [9.17, 15) is 9.59 Å². The van der Waals surface area contributed by atoms with E-state index in [0.29, 0.717) is 29.4 Å². The van der Waals surface area contributed by atoms with E-state index in [1.165, 1.54) is 5.56 Å². The SMILES string of the molecule is Cc1ccc(CN2C(=O)C3(SCCN3C(=O)c3ccc(Cl)cc3)c3ccccc32)cc1. The molecule has 1 atom stereocenters. The molecule has 1 spiro atoms. The van der Waals surface area contributed by atoms with Crippen molar-refractivity contribution >= 4 is 40.9 Å². The highest BCUT2D eigenvalue weighted by Gasteiger charge is 2.59. The molecule has 31 heavy (non-hydrogen) atoms. The third-order valence-corrected chi connectivity index (χ3v) is 7.57. The van der Waals surface area contributed by atoms with Crippen molar-refractivity contribution in [3.8, 4) is 0 Å². The molecule has 0 aliphatic carbocycles. The predicted octanol–water partition coefficient (Wildman–Crippen LogP) is 5.24. The lowest BCUT2D eigenvalue weighted by molar-refractivity contribution is -0.123. The number of rotatable bonds is 3. The molecular formula is C25H21ClN2O2S. The topological polar surface area (TPSA) is 40.6 Å². The van der Waals surface area contributed by atoms with Gasteiger partial charge in [-0.15, -0.1) is 11.8 Å². The Labute approximate surface area is 190 Å². The lowest BCUT2D eigenvalue weighted by atomic mass is 10.0. The Morgan fingerprint density at radius 3 is 2.48 bits per heavy atom. The Hall–Kier alpha value is -2.76. The normalized spacial score (nSPS) is 19.9. The van der Waals surface area contributed by atoms with Crippen LogP contribution in [0.25, 0.3) is 0 Å². The first kappa shape index (κ1) is 20.2. The number of halogens is 1. The van der Waals surface area contributed by atoms with Crippen LogP contribution in [0.15, 0.2) is 72.8 Å². The fraction of sp³-hybridized carbons (Fsp3) is 0.200. The Morgan fingerprint density at radius 1 is 1.03 bits per heavy atom. The fourth-order valence-electron chi connectivity index (χ4n) is 4.35. The van der Waals surface area contributed by atoms with Gasteiger partial charge in [0.05, 0.1) is 12.2 Å². The number of nitrogens with zero attached hydrogens (tertiary/aromatic N) is 2. The number of hydrogen-bond donors (Lipinski definition) is 0. The van der Waals surface area contributed by atoms with Gasteiger partial charge in [0.15, 0.2) is 4.87 Å². The van der Waals surface area contributed by atoms with Crippen LogP contribution >= 0.6 is 23.4 Å². The van der Waals surface area contributed by atoms with Crippen LogP contribution in [-0.2, 0) is 16.2 Å². The summed E-state index contributed by atoms with van der Waals surface area (Å²) in [7, 11) is 0. The summed E-state index contributed by atoms with van der Waals surface area (Å²) in [4.78, 5) is 29.9. The number of thioether (sulfide) groups is 1. The Morgan fingerprint density at radius 2 is 1.74 bits per heavy atom. The second-order valence-corrected chi connectivity index (χ2v) is 9.57. The molecule has 2 heterocycles. The van der Waals surface area contributed by atoms with Crippen molar-refractivity contribution in [3.63, 3.8) is 0 Å². The molecule has 3 aromatic carbocycles. The molecule has 3 aromatic rings. The molecule has 0 bridgehead atoms. The van der Waals surface area contributed by atoms with Gasteiger partial charge >= 0.3 is 0 Å². The molecule has 6 heteroatoms. The molecular weight excluding hydrogens is 428 g/mol. The Kier molecular flexibility index (Phi) is 5.03. The van der Waals surface area contributed by atoms with Crippen LogP contribution in [-0.4, -0.2) is 29.0 Å². The number of anilines is 1. The number of carbonyl (C=O) groups is 2. The molecule has 2 aliphatic heterocycles. The zero-order valence-electron chi connectivity index (χ0n) is 17.0. The van der Waals surface area contributed by atoms with Crippen molar-refractivity contribution in [3.05, 3.63) is 100 Å². The molecule has 2 amide bonds. The summed E-state index contributed by atoms with van der Waals surface area (Å²) < 4.78 is 0. The summed E-state index contributed by atoms with van der Waals surface area (Å²) in [6.07, 6.45) is 0. The first-order valence-electron chi connectivity index (χ1n) is 10.2. The van der Waals surface area contributed by atoms with Crippen LogP contribution in [0.2, 0.25) is 5.02 Å². The number of hydrogen-bond acceptors (Lipinski definition) is 3. The third-order valence-electron chi connectivity index (χ3n) is 5.90. The zero-order chi connectivity index (χ0) is 21.6. The minimum atomic E-state index is -1.03. The number of carbonyl (C=O) groups excluding carboxylic acids is 2. The van der Waals surface area contributed by atoms with Crippen LogP contribution in [0.5, 0.6) is 0 Å². The molecule has 4 nitrogen and oxygen atoms in total. The van der Waals surface area contributed by atoms with E-state index in [2.05, 4.69) is 24.3 Å². The van der Waals surface area contributed by atoms with Crippen LogP contribution in [0.1, 0.15) is 27.0 Å². The van der Waals surface area contributed by atoms with Gasteiger partial charge in [-0.05, 0) is 42.8 Å². The van der Waals surface area contributed by atoms with Crippen molar-refractivity contribution < 1.29 is 9.59 Å². The van der Waals surface area contributed by atoms with Crippen molar-refractivity contribution in [2.24, 2.45) is 0 Å². The third kappa shape index (κ3) is 3.24. The maximum Gasteiger partial charge on any atom is 0.268 e. The molecule has 0 aromatic heterocycles. The van der Waals surface area contributed by atoms with Gasteiger partial charge in [-0.3, -0.25) is 9.59 Å². The summed E-state index contributed by atoms with van der Waals surface area (Å²) in [5.74, 6) is 0.499. The first-order valence-corrected chi connectivity index (χ1v) is 11.6. The van der Waals surface area contributed by atoms with E-state index in [-0.39, 0.29) is 11.8 Å². The Bertz CT molecular complexity index is 1160. The van der Waals surface area contributed by atoms with Crippen LogP contribution in [0.4, 0.5) is 5.69 Å². The van der Waals surface area contributed by atoms with Gasteiger partial charge in [0.2, 0.25) is 0 Å². The number of amides is 2. The quantitative estimate of drug-likeness (QED) is 0.550. The van der Waals surface area contributed by atoms with Gasteiger partial charge in [0.25, 0.3) is 11.8 Å². The molecule has 156 valence electrons. The first-order chi connectivity index (χ1) is 15.0. The van der Waals surface area contributed by atoms with Gasteiger partial charge in [0.1, 0.15) is 0 Å². The standard InChI is InChI=1S/C25H21ClN2O2S/c1-17-6-8-18(9-7-17)16-27-22-5-3-2-4-21(22)25(24(27)30)28(14-15-31-25)23(29)19-10-12-20(26)13-11-19/h2-13H,14-16H2,1H3. The van der Waals surface area contributed by atoms with Crippen molar-refractivity contribution in [1.82, 2.24) is 4.90 Å². The molecule has 1 saturated heterocycles. The molecule has 2 aliphatic rings. The van der Waals surface area contributed by atoms with Crippen molar-refractivity contribution in [2.75, 3.05) is 17.2 Å². The fourth-order valence-corrected chi connectivity index (χ4v) is 5.94. The number of fused-ring (bicyclic) bond motifs is 2. The van der Waals surface area contributed by atoms with E-state index < -0.39 is 4.87 Å². The molecule has 0 radical (unpaired) electrons. The van der Waals surface area contributed by atoms with Crippen molar-refractivity contribution in [2.45, 2.75) is 18.3 Å². The van der Waals surface area contributed by atoms with E-state index in [0.717, 1.165) is 16.8 Å². The second kappa shape index (κ2) is 7.74. The maximum atomic E-state index is 13.9. The summed E-state index contributed by atoms with van der Waals surface area (Å²) in [5, 5.41) is 0.577. The van der Waals surface area contributed by atoms with Gasteiger partial charge < -0.3 is 9.80 Å². The molecule has 5 rings (SSSR count). The smallest absolute Gasteiger partial charge is 0.268 e. The molecule has 0 N–H and O–H groups in total. The molecule has 1 fully saturated rings. The number of aryl methyl sites for hydroxylation is 1. The summed E-state index contributed by atoms with van der Waals surface area (Å²) in [6, 6.07) is 22.9. The number of benzene rings is 3. The summed E-state index contributed by atoms with van der Waals surface area (Å²) in [5.41, 5.74) is 4.53. The van der Waals surface area contributed by atoms with Crippen LogP contribution in [0, 0.1) is 6.92 Å². The van der Waals surface area contributed by atoms with Crippen molar-refractivity contribution in [1.29, 1.82) is 0 Å². The largest absolute Gasteiger partial charge is 0.311 e. The van der Waals surface area contributed by atoms with Crippen LogP contribution in [0.3, 0.4) is 0 Å². The van der Waals surface area contributed by atoms with E-state index >= 15 is 0 Å². The van der Waals surface area contributed by atoms with E-state index in [1.54, 1.807) is 40.9 Å². The highest BCUT2D eigenvalue weighted by Crippen LogP contribution is 2.54. The predicted molar refractivity (Wildman–Crippen MR) is 125 cm³/mol. The average Bonchev–Trinajstić information content (AvgIpc) is 3.33. The van der Waals surface area contributed by atoms with Gasteiger partial charge in [-0.1, -0.05) is 59.6 Å². The Balaban J connectivity index is 1.56. The highest BCUT2D eigenvalue weighted by atomic mass is 35.5. The second-order valence-electron chi connectivity index (χ2n) is 7.85. The molecule has 1 unspecified atom stereocenters. The van der Waals surface area contributed by atoms with Crippen LogP contribution < -0.4 is 4.90 Å². The maximum absolute atomic E-state index is 13.9. The molecule has 0 saturated carbocycles. The minimum absolute atomic E-state index is 0.0564. The van der Waals surface area contributed by atoms with Gasteiger partial charge in [-0.2, -0.15) is 0 Å². The monoisotopic (exact) mass is 448 g/mol. The lowest BCUT2D eigenvalue weighted by Crippen LogP contribution is -2.50. The lowest BCUT2D eigenvalue weighted by Gasteiger charge is -2.33. The van der Waals surface area contributed by atoms with Gasteiger partial charge in [0, 0.05) is 28.4 Å². The minimum Gasteiger partial charge on any atom is -0.311 e. The van der Waals surface area contributed by atoms with E-state index in [1.807, 2.05) is 36.1 Å².